The van der Waals surface area contributed by atoms with Crippen molar-refractivity contribution in [3.63, 3.8) is 0 Å². The van der Waals surface area contributed by atoms with E-state index in [1.807, 2.05) is 24.3 Å². The molecule has 0 saturated carbocycles. The third-order valence-electron chi connectivity index (χ3n) is 3.83. The van der Waals surface area contributed by atoms with E-state index in [9.17, 15) is 4.79 Å². The van der Waals surface area contributed by atoms with Gasteiger partial charge >= 0.3 is 6.09 Å². The van der Waals surface area contributed by atoms with E-state index in [4.69, 9.17) is 9.47 Å². The zero-order chi connectivity index (χ0) is 15.4. The predicted octanol–water partition coefficient (Wildman–Crippen LogP) is 3.49. The number of thiophene rings is 1. The highest BCUT2D eigenvalue weighted by atomic mass is 32.1. The zero-order valence-electron chi connectivity index (χ0n) is 12.6. The molecule has 116 valence electrons. The van der Waals surface area contributed by atoms with E-state index in [1.165, 1.54) is 10.4 Å². The summed E-state index contributed by atoms with van der Waals surface area (Å²) in [7, 11) is 1.65. The molecular formula is C17H19NO3S. The average molecular weight is 317 g/mol. The lowest BCUT2D eigenvalue weighted by atomic mass is 10.1. The van der Waals surface area contributed by atoms with Gasteiger partial charge in [-0.25, -0.2) is 4.79 Å². The topological polar surface area (TPSA) is 38.8 Å². The van der Waals surface area contributed by atoms with Crippen LogP contribution in [0, 0.1) is 0 Å². The lowest BCUT2D eigenvalue weighted by molar-refractivity contribution is 0.0993. The smallest absolute Gasteiger partial charge is 0.410 e. The van der Waals surface area contributed by atoms with E-state index in [-0.39, 0.29) is 6.09 Å². The molecule has 1 aromatic carbocycles. The first-order valence-corrected chi connectivity index (χ1v) is 8.24. The van der Waals surface area contributed by atoms with Gasteiger partial charge in [0, 0.05) is 17.8 Å². The minimum atomic E-state index is -0.220. The first-order chi connectivity index (χ1) is 10.8. The minimum Gasteiger partial charge on any atom is -0.497 e. The molecule has 0 spiro atoms. The van der Waals surface area contributed by atoms with Crippen LogP contribution in [-0.2, 0) is 24.1 Å². The van der Waals surface area contributed by atoms with Crippen LogP contribution in [0.5, 0.6) is 5.75 Å². The quantitative estimate of drug-likeness (QED) is 0.866. The maximum absolute atomic E-state index is 12.1. The number of hydrogen-bond acceptors (Lipinski definition) is 4. The Kier molecular flexibility index (Phi) is 4.63. The van der Waals surface area contributed by atoms with E-state index >= 15 is 0 Å². The molecule has 1 amide bonds. The molecule has 3 rings (SSSR count). The van der Waals surface area contributed by atoms with Crippen molar-refractivity contribution >= 4 is 17.4 Å². The summed E-state index contributed by atoms with van der Waals surface area (Å²) in [6, 6.07) is 9.97. The van der Waals surface area contributed by atoms with Crippen molar-refractivity contribution in [1.29, 1.82) is 0 Å². The number of nitrogens with zero attached hydrogens (tertiary/aromatic N) is 1. The number of rotatable bonds is 4. The van der Waals surface area contributed by atoms with Crippen molar-refractivity contribution in [2.75, 3.05) is 20.3 Å². The van der Waals surface area contributed by atoms with Gasteiger partial charge in [-0.15, -0.1) is 11.3 Å². The molecule has 22 heavy (non-hydrogen) atoms. The molecule has 0 bridgehead atoms. The fourth-order valence-corrected chi connectivity index (χ4v) is 3.52. The van der Waals surface area contributed by atoms with Gasteiger partial charge in [0.15, 0.2) is 0 Å². The van der Waals surface area contributed by atoms with Gasteiger partial charge in [-0.1, -0.05) is 12.1 Å². The van der Waals surface area contributed by atoms with E-state index in [0.717, 1.165) is 24.3 Å². The predicted molar refractivity (Wildman–Crippen MR) is 86.5 cm³/mol. The maximum Gasteiger partial charge on any atom is 0.410 e. The highest BCUT2D eigenvalue weighted by molar-refractivity contribution is 7.10. The van der Waals surface area contributed by atoms with Crippen molar-refractivity contribution in [2.45, 2.75) is 19.4 Å². The first kappa shape index (κ1) is 14.9. The molecule has 0 unspecified atom stereocenters. The van der Waals surface area contributed by atoms with Crippen LogP contribution in [0.15, 0.2) is 35.7 Å². The van der Waals surface area contributed by atoms with Crippen LogP contribution in [0.2, 0.25) is 0 Å². The molecule has 0 aliphatic carbocycles. The third-order valence-corrected chi connectivity index (χ3v) is 4.78. The van der Waals surface area contributed by atoms with Crippen LogP contribution in [0.3, 0.4) is 0 Å². The molecule has 0 radical (unpaired) electrons. The molecule has 2 aromatic rings. The largest absolute Gasteiger partial charge is 0.497 e. The van der Waals surface area contributed by atoms with Crippen LogP contribution in [0.4, 0.5) is 4.79 Å². The second kappa shape index (κ2) is 6.83. The van der Waals surface area contributed by atoms with E-state index < -0.39 is 0 Å². The molecule has 5 heteroatoms. The number of amides is 1. The summed E-state index contributed by atoms with van der Waals surface area (Å²) >= 11 is 1.71. The minimum absolute atomic E-state index is 0.220. The van der Waals surface area contributed by atoms with Gasteiger partial charge in [0.05, 0.1) is 20.3 Å². The van der Waals surface area contributed by atoms with Crippen molar-refractivity contribution in [2.24, 2.45) is 0 Å². The second-order valence-corrected chi connectivity index (χ2v) is 6.26. The zero-order valence-corrected chi connectivity index (χ0v) is 13.4. The van der Waals surface area contributed by atoms with Crippen LogP contribution in [0.25, 0.3) is 0 Å². The molecule has 0 atom stereocenters. The molecule has 1 aromatic heterocycles. The van der Waals surface area contributed by atoms with E-state index in [0.29, 0.717) is 19.6 Å². The van der Waals surface area contributed by atoms with Crippen LogP contribution < -0.4 is 4.74 Å². The third kappa shape index (κ3) is 3.42. The number of carbonyl (C=O) groups is 1. The fourth-order valence-electron chi connectivity index (χ4n) is 2.57. The maximum atomic E-state index is 12.1. The van der Waals surface area contributed by atoms with Crippen LogP contribution in [0.1, 0.15) is 16.0 Å². The lowest BCUT2D eigenvalue weighted by Gasteiger charge is -2.26. The highest BCUT2D eigenvalue weighted by Crippen LogP contribution is 2.24. The molecule has 0 saturated heterocycles. The van der Waals surface area contributed by atoms with Gasteiger partial charge in [0.2, 0.25) is 0 Å². The Morgan fingerprint density at radius 3 is 3.14 bits per heavy atom. The highest BCUT2D eigenvalue weighted by Gasteiger charge is 2.22. The lowest BCUT2D eigenvalue weighted by Crippen LogP contribution is -2.36. The Balaban J connectivity index is 1.48. The summed E-state index contributed by atoms with van der Waals surface area (Å²) in [5.41, 5.74) is 2.47. The molecule has 0 fully saturated rings. The van der Waals surface area contributed by atoms with Crippen molar-refractivity contribution in [1.82, 2.24) is 4.90 Å². The first-order valence-electron chi connectivity index (χ1n) is 7.36. The standard InChI is InChI=1S/C17H19NO3S/c1-20-15-4-2-3-13(11-15)6-9-21-17(19)18-8-5-14-7-10-22-16(14)12-18/h2-4,7,10-11H,5-6,8-9,12H2,1H3. The van der Waals surface area contributed by atoms with Gasteiger partial charge in [-0.05, 0) is 41.1 Å². The summed E-state index contributed by atoms with van der Waals surface area (Å²) in [5, 5.41) is 2.09. The Morgan fingerprint density at radius 2 is 2.27 bits per heavy atom. The van der Waals surface area contributed by atoms with E-state index in [1.54, 1.807) is 23.3 Å². The number of methoxy groups -OCH3 is 1. The molecule has 1 aliphatic heterocycles. The Labute approximate surface area is 134 Å². The Bertz CT molecular complexity index is 653. The summed E-state index contributed by atoms with van der Waals surface area (Å²) in [6.07, 6.45) is 1.40. The number of fused-ring (bicyclic) bond motifs is 1. The molecule has 2 heterocycles. The van der Waals surface area contributed by atoms with Crippen LogP contribution >= 0.6 is 11.3 Å². The SMILES string of the molecule is COc1cccc(CCOC(=O)N2CCc3ccsc3C2)c1. The van der Waals surface area contributed by atoms with Gasteiger partial charge in [0.25, 0.3) is 0 Å². The monoisotopic (exact) mass is 317 g/mol. The summed E-state index contributed by atoms with van der Waals surface area (Å²) in [5.74, 6) is 0.824. The Hall–Kier alpha value is -2.01. The summed E-state index contributed by atoms with van der Waals surface area (Å²) in [4.78, 5) is 15.2. The Morgan fingerprint density at radius 1 is 1.36 bits per heavy atom. The van der Waals surface area contributed by atoms with Crippen molar-refractivity contribution in [3.8, 4) is 5.75 Å². The van der Waals surface area contributed by atoms with Gasteiger partial charge in [-0.2, -0.15) is 0 Å². The summed E-state index contributed by atoms with van der Waals surface area (Å²) < 4.78 is 10.6. The van der Waals surface area contributed by atoms with Gasteiger partial charge < -0.3 is 14.4 Å². The average Bonchev–Trinajstić information content (AvgIpc) is 3.02. The number of benzene rings is 1. The molecule has 4 nitrogen and oxygen atoms in total. The van der Waals surface area contributed by atoms with Gasteiger partial charge in [0.1, 0.15) is 5.75 Å². The van der Waals surface area contributed by atoms with Crippen molar-refractivity contribution in [3.05, 3.63) is 51.7 Å². The second-order valence-electron chi connectivity index (χ2n) is 5.26. The molecule has 1 aliphatic rings. The van der Waals surface area contributed by atoms with Gasteiger partial charge in [-0.3, -0.25) is 0 Å². The van der Waals surface area contributed by atoms with Crippen LogP contribution in [-0.4, -0.2) is 31.3 Å². The number of carbonyl (C=O) groups excluding carboxylic acids is 1. The normalized spacial score (nSPS) is 13.6. The molecular weight excluding hydrogens is 298 g/mol. The number of hydrogen-bond donors (Lipinski definition) is 0. The number of ether oxygens (including phenoxy) is 2. The fraction of sp³-hybridized carbons (Fsp3) is 0.353. The molecule has 0 N–H and O–H groups in total. The van der Waals surface area contributed by atoms with E-state index in [2.05, 4.69) is 11.4 Å². The summed E-state index contributed by atoms with van der Waals surface area (Å²) in [6.45, 7) is 1.80. The van der Waals surface area contributed by atoms with Crippen molar-refractivity contribution < 1.29 is 14.3 Å².